The van der Waals surface area contributed by atoms with Gasteiger partial charge in [-0.2, -0.15) is 0 Å². The van der Waals surface area contributed by atoms with E-state index in [-0.39, 0.29) is 5.69 Å². The highest BCUT2D eigenvalue weighted by molar-refractivity contribution is 5.53. The normalized spacial score (nSPS) is 10.3. The van der Waals surface area contributed by atoms with Gasteiger partial charge < -0.3 is 10.5 Å². The predicted octanol–water partition coefficient (Wildman–Crippen LogP) is 1.25. The number of nitrogens with two attached hydrogens (primary N) is 1. The van der Waals surface area contributed by atoms with E-state index in [4.69, 9.17) is 10.5 Å². The van der Waals surface area contributed by atoms with E-state index >= 15 is 0 Å². The summed E-state index contributed by atoms with van der Waals surface area (Å²) >= 11 is 0. The molecule has 1 aromatic carbocycles. The number of imidazole rings is 1. The summed E-state index contributed by atoms with van der Waals surface area (Å²) in [6.45, 7) is 0.320. The van der Waals surface area contributed by atoms with E-state index in [1.54, 1.807) is 23.2 Å². The van der Waals surface area contributed by atoms with Gasteiger partial charge in [-0.25, -0.2) is 4.98 Å². The third-order valence-electron chi connectivity index (χ3n) is 2.56. The maximum atomic E-state index is 10.7. The lowest BCUT2D eigenvalue weighted by Crippen LogP contribution is -2.06. The van der Waals surface area contributed by atoms with Crippen LogP contribution < -0.4 is 10.5 Å². The molecule has 2 N–H and O–H groups in total. The van der Waals surface area contributed by atoms with Gasteiger partial charge in [-0.1, -0.05) is 0 Å². The van der Waals surface area contributed by atoms with Crippen LogP contribution in [0.25, 0.3) is 5.69 Å². The van der Waals surface area contributed by atoms with Crippen molar-refractivity contribution in [1.29, 1.82) is 0 Å². The van der Waals surface area contributed by atoms with Crippen LogP contribution >= 0.6 is 0 Å². The summed E-state index contributed by atoms with van der Waals surface area (Å²) in [6, 6.07) is 4.39. The monoisotopic (exact) mass is 248 g/mol. The Morgan fingerprint density at radius 2 is 2.33 bits per heavy atom. The Hall–Kier alpha value is -2.41. The molecule has 94 valence electrons. The highest BCUT2D eigenvalue weighted by Gasteiger charge is 2.14. The van der Waals surface area contributed by atoms with Crippen LogP contribution in [0.5, 0.6) is 5.75 Å². The molecule has 7 nitrogen and oxygen atoms in total. The van der Waals surface area contributed by atoms with Crippen LogP contribution in [0.2, 0.25) is 0 Å². The summed E-state index contributed by atoms with van der Waals surface area (Å²) in [5, 5.41) is 10.7. The molecule has 2 rings (SSSR count). The Bertz CT molecular complexity index is 579. The smallest absolute Gasteiger partial charge is 0.273 e. The fourth-order valence-electron chi connectivity index (χ4n) is 1.67. The molecule has 0 aliphatic rings. The molecule has 0 saturated carbocycles. The number of nitrogens with zero attached hydrogens (tertiary/aromatic N) is 3. The molecule has 0 spiro atoms. The molecule has 1 aromatic heterocycles. The lowest BCUT2D eigenvalue weighted by molar-refractivity contribution is -0.384. The minimum atomic E-state index is -0.468. The van der Waals surface area contributed by atoms with Gasteiger partial charge in [0.2, 0.25) is 0 Å². The first-order chi connectivity index (χ1) is 8.67. The predicted molar refractivity (Wildman–Crippen MR) is 64.7 cm³/mol. The zero-order valence-electron chi connectivity index (χ0n) is 9.74. The number of non-ortho nitro benzene ring substituents is 1. The van der Waals surface area contributed by atoms with Crippen molar-refractivity contribution in [2.45, 2.75) is 6.54 Å². The van der Waals surface area contributed by atoms with E-state index in [0.717, 1.165) is 5.69 Å². The van der Waals surface area contributed by atoms with Crippen LogP contribution in [0.1, 0.15) is 5.69 Å². The third-order valence-corrected chi connectivity index (χ3v) is 2.56. The lowest BCUT2D eigenvalue weighted by atomic mass is 10.2. The van der Waals surface area contributed by atoms with Crippen LogP contribution in [0, 0.1) is 10.1 Å². The summed E-state index contributed by atoms with van der Waals surface area (Å²) in [6.07, 6.45) is 3.23. The van der Waals surface area contributed by atoms with Gasteiger partial charge in [0.25, 0.3) is 5.69 Å². The summed E-state index contributed by atoms with van der Waals surface area (Å²) < 4.78 is 6.90. The van der Waals surface area contributed by atoms with E-state index in [1.807, 2.05) is 0 Å². The summed E-state index contributed by atoms with van der Waals surface area (Å²) in [5.74, 6) is 0.400. The second-order valence-electron chi connectivity index (χ2n) is 3.57. The quantitative estimate of drug-likeness (QED) is 0.648. The number of nitro benzene ring substituents is 1. The van der Waals surface area contributed by atoms with E-state index in [2.05, 4.69) is 4.98 Å². The standard InChI is InChI=1S/C11H12N4O3/c1-18-11-4-8(15(16)17)2-3-10(11)14-7-13-6-9(14)5-12/h2-4,6-7H,5,12H2,1H3. The van der Waals surface area contributed by atoms with Gasteiger partial charge >= 0.3 is 0 Å². The zero-order valence-corrected chi connectivity index (χ0v) is 9.74. The van der Waals surface area contributed by atoms with Gasteiger partial charge in [-0.15, -0.1) is 0 Å². The second-order valence-corrected chi connectivity index (χ2v) is 3.57. The minimum Gasteiger partial charge on any atom is -0.494 e. The molecule has 7 heteroatoms. The Balaban J connectivity index is 2.54. The van der Waals surface area contributed by atoms with Crippen molar-refractivity contribution < 1.29 is 9.66 Å². The first-order valence-electron chi connectivity index (χ1n) is 5.21. The molecule has 0 radical (unpaired) electrons. The Morgan fingerprint density at radius 3 is 2.94 bits per heavy atom. The van der Waals surface area contributed by atoms with Crippen molar-refractivity contribution in [3.63, 3.8) is 0 Å². The fourth-order valence-corrected chi connectivity index (χ4v) is 1.67. The average Bonchev–Trinajstić information content (AvgIpc) is 2.85. The molecule has 1 heterocycles. The number of methoxy groups -OCH3 is 1. The Kier molecular flexibility index (Phi) is 3.24. The molecule has 0 fully saturated rings. The molecular weight excluding hydrogens is 236 g/mol. The van der Waals surface area contributed by atoms with Gasteiger partial charge in [0.1, 0.15) is 5.75 Å². The van der Waals surface area contributed by atoms with Crippen LogP contribution in [0.15, 0.2) is 30.7 Å². The maximum absolute atomic E-state index is 10.7. The zero-order chi connectivity index (χ0) is 13.1. The van der Waals surface area contributed by atoms with Gasteiger partial charge in [-0.3, -0.25) is 14.7 Å². The molecule has 0 aliphatic carbocycles. The summed E-state index contributed by atoms with van der Waals surface area (Å²) in [5.41, 5.74) is 7.03. The fraction of sp³-hybridized carbons (Fsp3) is 0.182. The minimum absolute atomic E-state index is 0.0231. The summed E-state index contributed by atoms with van der Waals surface area (Å²) in [7, 11) is 1.46. The highest BCUT2D eigenvalue weighted by atomic mass is 16.6. The van der Waals surface area contributed by atoms with E-state index in [9.17, 15) is 10.1 Å². The largest absolute Gasteiger partial charge is 0.494 e. The number of ether oxygens (including phenoxy) is 1. The van der Waals surface area contributed by atoms with E-state index < -0.39 is 4.92 Å². The van der Waals surface area contributed by atoms with Gasteiger partial charge in [-0.05, 0) is 6.07 Å². The Labute approximate surface area is 103 Å². The average molecular weight is 248 g/mol. The van der Waals surface area contributed by atoms with E-state index in [1.165, 1.54) is 19.2 Å². The van der Waals surface area contributed by atoms with Gasteiger partial charge in [0, 0.05) is 18.8 Å². The second kappa shape index (κ2) is 4.84. The number of benzene rings is 1. The highest BCUT2D eigenvalue weighted by Crippen LogP contribution is 2.28. The van der Waals surface area contributed by atoms with Crippen molar-refractivity contribution >= 4 is 5.69 Å². The topological polar surface area (TPSA) is 96.2 Å². The lowest BCUT2D eigenvalue weighted by Gasteiger charge is -2.11. The van der Waals surface area contributed by atoms with Gasteiger partial charge in [0.15, 0.2) is 0 Å². The number of nitro groups is 1. The van der Waals surface area contributed by atoms with Crippen molar-refractivity contribution in [1.82, 2.24) is 9.55 Å². The maximum Gasteiger partial charge on any atom is 0.273 e. The number of aromatic nitrogens is 2. The molecule has 0 atom stereocenters. The molecule has 0 amide bonds. The SMILES string of the molecule is COc1cc([N+](=O)[O-])ccc1-n1cncc1CN. The van der Waals surface area contributed by atoms with Gasteiger partial charge in [0.05, 0.1) is 35.8 Å². The van der Waals surface area contributed by atoms with E-state index in [0.29, 0.717) is 18.0 Å². The van der Waals surface area contributed by atoms with Crippen LogP contribution in [-0.4, -0.2) is 21.6 Å². The van der Waals surface area contributed by atoms with Crippen molar-refractivity contribution in [2.24, 2.45) is 5.73 Å². The number of hydrogen-bond donors (Lipinski definition) is 1. The van der Waals surface area contributed by atoms with Crippen LogP contribution in [0.4, 0.5) is 5.69 Å². The molecule has 0 saturated heterocycles. The van der Waals surface area contributed by atoms with Crippen molar-refractivity contribution in [2.75, 3.05) is 7.11 Å². The third kappa shape index (κ3) is 2.03. The molecule has 18 heavy (non-hydrogen) atoms. The number of rotatable bonds is 4. The first-order valence-corrected chi connectivity index (χ1v) is 5.21. The van der Waals surface area contributed by atoms with Crippen molar-refractivity contribution in [3.8, 4) is 11.4 Å². The molecular formula is C11H12N4O3. The Morgan fingerprint density at radius 1 is 1.56 bits per heavy atom. The van der Waals surface area contributed by atoms with Crippen molar-refractivity contribution in [3.05, 3.63) is 46.5 Å². The molecule has 0 unspecified atom stereocenters. The van der Waals surface area contributed by atoms with Crippen LogP contribution in [0.3, 0.4) is 0 Å². The first kappa shape index (κ1) is 12.1. The molecule has 0 aliphatic heterocycles. The summed E-state index contributed by atoms with van der Waals surface area (Å²) in [4.78, 5) is 14.2. The molecule has 2 aromatic rings. The van der Waals surface area contributed by atoms with Crippen LogP contribution in [-0.2, 0) is 6.54 Å². The number of hydrogen-bond acceptors (Lipinski definition) is 5. The molecule has 0 bridgehead atoms.